The zero-order valence-corrected chi connectivity index (χ0v) is 16.0. The zero-order valence-electron chi connectivity index (χ0n) is 14.4. The lowest BCUT2D eigenvalue weighted by Crippen LogP contribution is -2.37. The average molecular weight is 410 g/mol. The highest BCUT2D eigenvalue weighted by Crippen LogP contribution is 2.50. The van der Waals surface area contributed by atoms with Crippen molar-refractivity contribution in [3.8, 4) is 11.4 Å². The van der Waals surface area contributed by atoms with Crippen LogP contribution in [0.3, 0.4) is 0 Å². The number of halogens is 1. The van der Waals surface area contributed by atoms with E-state index in [1.54, 1.807) is 0 Å². The molecule has 4 heterocycles. The monoisotopic (exact) mass is 409 g/mol. The van der Waals surface area contributed by atoms with E-state index in [-0.39, 0.29) is 5.54 Å². The molecule has 1 fully saturated rings. The van der Waals surface area contributed by atoms with E-state index in [1.807, 2.05) is 12.4 Å². The second-order valence-corrected chi connectivity index (χ2v) is 8.06. The van der Waals surface area contributed by atoms with Crippen LogP contribution < -0.4 is 0 Å². The first-order valence-corrected chi connectivity index (χ1v) is 9.92. The molecule has 2 aliphatic rings. The molecular formula is C21H20BrN3O. The Morgan fingerprint density at radius 1 is 1.12 bits per heavy atom. The number of rotatable bonds is 3. The van der Waals surface area contributed by atoms with E-state index in [4.69, 9.17) is 9.72 Å². The lowest BCUT2D eigenvalue weighted by Gasteiger charge is -2.37. The SMILES string of the molecule is Brc1ccc(C2(CC3CCOCC3)c3ccccc3-c3nccn32)nc1. The quantitative estimate of drug-likeness (QED) is 0.632. The third-order valence-corrected chi connectivity index (χ3v) is 6.21. The Labute approximate surface area is 161 Å². The summed E-state index contributed by atoms with van der Waals surface area (Å²) in [5.74, 6) is 1.65. The van der Waals surface area contributed by atoms with Gasteiger partial charge in [0, 0.05) is 41.8 Å². The van der Waals surface area contributed by atoms with Crippen molar-refractivity contribution in [3.05, 3.63) is 70.7 Å². The van der Waals surface area contributed by atoms with Gasteiger partial charge in [-0.1, -0.05) is 24.3 Å². The number of fused-ring (bicyclic) bond motifs is 3. The predicted molar refractivity (Wildman–Crippen MR) is 104 cm³/mol. The summed E-state index contributed by atoms with van der Waals surface area (Å²) in [5, 5.41) is 0. The van der Waals surface area contributed by atoms with Crippen LogP contribution in [0.2, 0.25) is 0 Å². The molecule has 5 rings (SSSR count). The van der Waals surface area contributed by atoms with E-state index in [0.29, 0.717) is 5.92 Å². The standard InChI is InChI=1S/C21H20BrN3O/c22-16-5-6-19(24-14-16)21(13-15-7-11-26-12-8-15)18-4-2-1-3-17(18)20-23-9-10-25(20)21/h1-6,9-10,14-15H,7-8,11-13H2. The lowest BCUT2D eigenvalue weighted by molar-refractivity contribution is 0.0563. The number of ether oxygens (including phenoxy) is 1. The maximum atomic E-state index is 5.60. The van der Waals surface area contributed by atoms with Gasteiger partial charge in [-0.15, -0.1) is 0 Å². The van der Waals surface area contributed by atoms with Crippen molar-refractivity contribution < 1.29 is 4.74 Å². The molecule has 1 saturated heterocycles. The molecule has 1 aromatic carbocycles. The van der Waals surface area contributed by atoms with Crippen molar-refractivity contribution in [1.82, 2.24) is 14.5 Å². The van der Waals surface area contributed by atoms with Crippen LogP contribution >= 0.6 is 15.9 Å². The summed E-state index contributed by atoms with van der Waals surface area (Å²) in [6, 6.07) is 12.9. The number of nitrogens with zero attached hydrogens (tertiary/aromatic N) is 3. The summed E-state index contributed by atoms with van der Waals surface area (Å²) in [6.45, 7) is 1.71. The number of aromatic nitrogens is 3. The summed E-state index contributed by atoms with van der Waals surface area (Å²) in [4.78, 5) is 9.52. The van der Waals surface area contributed by atoms with Gasteiger partial charge in [0.15, 0.2) is 0 Å². The summed E-state index contributed by atoms with van der Waals surface area (Å²) in [7, 11) is 0. The van der Waals surface area contributed by atoms with Crippen molar-refractivity contribution in [2.75, 3.05) is 13.2 Å². The molecule has 132 valence electrons. The topological polar surface area (TPSA) is 39.9 Å². The third kappa shape index (κ3) is 2.37. The fraction of sp³-hybridized carbons (Fsp3) is 0.333. The van der Waals surface area contributed by atoms with Crippen LogP contribution in [0.5, 0.6) is 0 Å². The zero-order chi connectivity index (χ0) is 17.6. The van der Waals surface area contributed by atoms with Crippen LogP contribution in [-0.2, 0) is 10.3 Å². The minimum absolute atomic E-state index is 0.300. The van der Waals surface area contributed by atoms with Gasteiger partial charge < -0.3 is 9.30 Å². The van der Waals surface area contributed by atoms with E-state index < -0.39 is 0 Å². The van der Waals surface area contributed by atoms with Crippen molar-refractivity contribution in [2.45, 2.75) is 24.8 Å². The van der Waals surface area contributed by atoms with Crippen LogP contribution in [0.15, 0.2) is 59.5 Å². The molecule has 2 aliphatic heterocycles. The Bertz CT molecular complexity index is 930. The molecule has 0 saturated carbocycles. The Hall–Kier alpha value is -1.98. The number of imidazole rings is 1. The normalized spacial score (nSPS) is 22.2. The predicted octanol–water partition coefficient (Wildman–Crippen LogP) is 4.63. The molecule has 0 spiro atoms. The number of pyridine rings is 1. The highest BCUT2D eigenvalue weighted by molar-refractivity contribution is 9.10. The number of hydrogen-bond donors (Lipinski definition) is 0. The Morgan fingerprint density at radius 3 is 2.77 bits per heavy atom. The fourth-order valence-electron chi connectivity index (χ4n) is 4.54. The molecule has 3 aromatic rings. The summed E-state index contributed by atoms with van der Waals surface area (Å²) < 4.78 is 8.94. The molecule has 0 radical (unpaired) electrons. The maximum Gasteiger partial charge on any atom is 0.141 e. The molecule has 2 aromatic heterocycles. The highest BCUT2D eigenvalue weighted by atomic mass is 79.9. The number of benzene rings is 1. The molecule has 1 unspecified atom stereocenters. The van der Waals surface area contributed by atoms with Crippen LogP contribution in [0.4, 0.5) is 0 Å². The van der Waals surface area contributed by atoms with E-state index in [0.717, 1.165) is 48.5 Å². The van der Waals surface area contributed by atoms with Crippen LogP contribution in [0.1, 0.15) is 30.5 Å². The minimum atomic E-state index is -0.300. The number of hydrogen-bond acceptors (Lipinski definition) is 3. The van der Waals surface area contributed by atoms with Gasteiger partial charge in [0.25, 0.3) is 0 Å². The molecule has 0 N–H and O–H groups in total. The molecule has 1 atom stereocenters. The highest BCUT2D eigenvalue weighted by Gasteiger charge is 2.47. The Balaban J connectivity index is 1.73. The van der Waals surface area contributed by atoms with E-state index in [1.165, 1.54) is 11.1 Å². The Kier molecular flexibility index (Phi) is 3.94. The second-order valence-electron chi connectivity index (χ2n) is 7.15. The first kappa shape index (κ1) is 16.2. The summed E-state index contributed by atoms with van der Waals surface area (Å²) >= 11 is 3.53. The van der Waals surface area contributed by atoms with Gasteiger partial charge in [-0.05, 0) is 58.8 Å². The first-order chi connectivity index (χ1) is 12.8. The molecule has 0 bridgehead atoms. The molecule has 0 amide bonds. The smallest absolute Gasteiger partial charge is 0.141 e. The third-order valence-electron chi connectivity index (χ3n) is 5.74. The van der Waals surface area contributed by atoms with E-state index in [9.17, 15) is 0 Å². The molecule has 0 aliphatic carbocycles. The molecule has 26 heavy (non-hydrogen) atoms. The van der Waals surface area contributed by atoms with Crippen molar-refractivity contribution >= 4 is 15.9 Å². The largest absolute Gasteiger partial charge is 0.381 e. The van der Waals surface area contributed by atoms with Crippen molar-refractivity contribution in [2.24, 2.45) is 5.92 Å². The Morgan fingerprint density at radius 2 is 1.96 bits per heavy atom. The van der Waals surface area contributed by atoms with E-state index in [2.05, 4.69) is 68.1 Å². The first-order valence-electron chi connectivity index (χ1n) is 9.12. The van der Waals surface area contributed by atoms with E-state index >= 15 is 0 Å². The molecular weight excluding hydrogens is 390 g/mol. The van der Waals surface area contributed by atoms with Crippen molar-refractivity contribution in [1.29, 1.82) is 0 Å². The maximum absolute atomic E-state index is 5.60. The minimum Gasteiger partial charge on any atom is -0.381 e. The lowest BCUT2D eigenvalue weighted by atomic mass is 9.76. The van der Waals surface area contributed by atoms with Gasteiger partial charge in [-0.2, -0.15) is 0 Å². The fourth-order valence-corrected chi connectivity index (χ4v) is 4.78. The van der Waals surface area contributed by atoms with Gasteiger partial charge in [-0.25, -0.2) is 4.98 Å². The van der Waals surface area contributed by atoms with Gasteiger partial charge >= 0.3 is 0 Å². The van der Waals surface area contributed by atoms with Gasteiger partial charge in [-0.3, -0.25) is 4.98 Å². The van der Waals surface area contributed by atoms with Crippen LogP contribution in [0, 0.1) is 5.92 Å². The second kappa shape index (κ2) is 6.32. The average Bonchev–Trinajstić information content (AvgIpc) is 3.26. The van der Waals surface area contributed by atoms with Gasteiger partial charge in [0.2, 0.25) is 0 Å². The van der Waals surface area contributed by atoms with Crippen molar-refractivity contribution in [3.63, 3.8) is 0 Å². The summed E-state index contributed by atoms with van der Waals surface area (Å²) in [6.07, 6.45) is 9.14. The van der Waals surface area contributed by atoms with Crippen LogP contribution in [0.25, 0.3) is 11.4 Å². The van der Waals surface area contributed by atoms with Gasteiger partial charge in [0.05, 0.1) is 5.69 Å². The summed E-state index contributed by atoms with van der Waals surface area (Å²) in [5.41, 5.74) is 3.31. The van der Waals surface area contributed by atoms with Crippen LogP contribution in [-0.4, -0.2) is 27.7 Å². The van der Waals surface area contributed by atoms with Gasteiger partial charge in [0.1, 0.15) is 11.4 Å². The molecule has 4 nitrogen and oxygen atoms in total. The molecule has 5 heteroatoms.